The average Bonchev–Trinajstić information content (AvgIpc) is 3.57. The Morgan fingerprint density at radius 2 is 1.79 bits per heavy atom. The molecule has 0 radical (unpaired) electrons. The number of rotatable bonds is 5. The van der Waals surface area contributed by atoms with Crippen LogP contribution in [0.4, 0.5) is 10.5 Å². The number of anilines is 1. The van der Waals surface area contributed by atoms with Crippen LogP contribution in [0.5, 0.6) is 0 Å². The second kappa shape index (κ2) is 11.6. The summed E-state index contributed by atoms with van der Waals surface area (Å²) < 4.78 is 13.0. The van der Waals surface area contributed by atoms with Gasteiger partial charge in [-0.05, 0) is 72.4 Å². The van der Waals surface area contributed by atoms with E-state index in [9.17, 15) is 14.4 Å². The minimum absolute atomic E-state index is 0.0733. The second-order valence-corrected chi connectivity index (χ2v) is 13.8. The third-order valence-corrected chi connectivity index (χ3v) is 8.50. The van der Waals surface area contributed by atoms with E-state index >= 15 is 0 Å². The Bertz CT molecular complexity index is 1310. The van der Waals surface area contributed by atoms with Gasteiger partial charge in [0.05, 0.1) is 23.4 Å². The Kier molecular flexibility index (Phi) is 8.27. The first-order chi connectivity index (χ1) is 19.8. The summed E-state index contributed by atoms with van der Waals surface area (Å²) in [6, 6.07) is 7.57. The van der Waals surface area contributed by atoms with Crippen LogP contribution in [-0.4, -0.2) is 50.6 Å². The van der Waals surface area contributed by atoms with E-state index in [4.69, 9.17) is 14.5 Å². The lowest BCUT2D eigenvalue weighted by Crippen LogP contribution is -2.51. The van der Waals surface area contributed by atoms with Gasteiger partial charge in [-0.25, -0.2) is 9.78 Å². The number of esters is 1. The van der Waals surface area contributed by atoms with Gasteiger partial charge < -0.3 is 25.0 Å². The summed E-state index contributed by atoms with van der Waals surface area (Å²) in [5.41, 5.74) is 0.853. The number of hydrogen-bond acceptors (Lipinski definition) is 7. The maximum Gasteiger partial charge on any atom is 0.407 e. The number of carbonyl (C=O) groups excluding carboxylic acids is 3. The van der Waals surface area contributed by atoms with Crippen LogP contribution < -0.4 is 10.6 Å². The highest BCUT2D eigenvalue weighted by Crippen LogP contribution is 2.51. The van der Waals surface area contributed by atoms with Crippen molar-refractivity contribution in [1.82, 2.24) is 19.8 Å². The molecule has 10 nitrogen and oxygen atoms in total. The molecule has 2 amide bonds. The highest BCUT2D eigenvalue weighted by atomic mass is 16.6. The van der Waals surface area contributed by atoms with E-state index in [0.717, 1.165) is 49.2 Å². The summed E-state index contributed by atoms with van der Waals surface area (Å²) >= 11 is 0. The Balaban J connectivity index is 1.39. The minimum atomic E-state index is -0.606. The van der Waals surface area contributed by atoms with Crippen molar-refractivity contribution < 1.29 is 23.9 Å². The van der Waals surface area contributed by atoms with E-state index in [1.165, 1.54) is 0 Å². The van der Waals surface area contributed by atoms with Crippen molar-refractivity contribution in [1.29, 1.82) is 0 Å². The van der Waals surface area contributed by atoms with E-state index < -0.39 is 17.1 Å². The SMILES string of the molecule is CC(C)(C)OC(=O)N[C@@H]1CCCC[C@@H]1C(=O)N1CC[C@H]2[C@@H](c3nccn3COC(=O)C(C)(C)C)Nc3ccccc3[C@H]21. The van der Waals surface area contributed by atoms with E-state index in [-0.39, 0.29) is 48.6 Å². The number of nitrogens with zero attached hydrogens (tertiary/aromatic N) is 3. The molecule has 2 aliphatic heterocycles. The molecular formula is C32H45N5O5. The number of benzene rings is 1. The van der Waals surface area contributed by atoms with Gasteiger partial charge in [0, 0.05) is 36.6 Å². The van der Waals surface area contributed by atoms with Crippen LogP contribution in [0.2, 0.25) is 0 Å². The summed E-state index contributed by atoms with van der Waals surface area (Å²) in [6.45, 7) is 11.7. The molecule has 1 saturated carbocycles. The molecule has 2 fully saturated rings. The number of alkyl carbamates (subject to hydrolysis) is 1. The van der Waals surface area contributed by atoms with E-state index in [1.54, 1.807) is 6.20 Å². The van der Waals surface area contributed by atoms with Gasteiger partial charge in [-0.2, -0.15) is 0 Å². The van der Waals surface area contributed by atoms with Crippen molar-refractivity contribution in [3.05, 3.63) is 48.0 Å². The summed E-state index contributed by atoms with van der Waals surface area (Å²) in [4.78, 5) is 46.2. The molecule has 0 spiro atoms. The monoisotopic (exact) mass is 579 g/mol. The predicted octanol–water partition coefficient (Wildman–Crippen LogP) is 5.57. The summed E-state index contributed by atoms with van der Waals surface area (Å²) in [5, 5.41) is 6.71. The standard InChI is InChI=1S/C32H45N5O5/c1-31(2,3)29(39)41-19-36-18-16-33-27(36)25-22-15-17-37(26(22)20-11-7-9-13-23(20)34-25)28(38)21-12-8-10-14-24(21)35-30(40)42-32(4,5)6/h7,9,11,13,16,18,21-22,24-26,34H,8,10,12,14-15,17,19H2,1-6H3,(H,35,40)/t21-,22-,24+,25-,26+/m0/s1. The van der Waals surface area contributed by atoms with Gasteiger partial charge in [0.15, 0.2) is 6.73 Å². The molecule has 0 unspecified atom stereocenters. The molecule has 10 heteroatoms. The molecule has 3 heterocycles. The fourth-order valence-electron chi connectivity index (χ4n) is 6.55. The predicted molar refractivity (Wildman–Crippen MR) is 158 cm³/mol. The van der Waals surface area contributed by atoms with Gasteiger partial charge in [-0.3, -0.25) is 14.2 Å². The molecule has 0 bridgehead atoms. The number of imidazole rings is 1. The van der Waals surface area contributed by atoms with Crippen LogP contribution in [0, 0.1) is 17.3 Å². The molecular weight excluding hydrogens is 534 g/mol. The number of carbonyl (C=O) groups is 3. The smallest absolute Gasteiger partial charge is 0.407 e. The van der Waals surface area contributed by atoms with E-state index in [2.05, 4.69) is 16.7 Å². The van der Waals surface area contributed by atoms with Crippen molar-refractivity contribution >= 4 is 23.7 Å². The lowest BCUT2D eigenvalue weighted by atomic mass is 9.80. The Morgan fingerprint density at radius 3 is 2.52 bits per heavy atom. The third kappa shape index (κ3) is 6.27. The summed E-state index contributed by atoms with van der Waals surface area (Å²) in [6.07, 6.45) is 7.29. The first kappa shape index (κ1) is 29.9. The largest absolute Gasteiger partial charge is 0.444 e. The lowest BCUT2D eigenvalue weighted by molar-refractivity contribution is -0.157. The number of ether oxygens (including phenoxy) is 2. The summed E-state index contributed by atoms with van der Waals surface area (Å²) in [5.74, 6) is 0.355. The van der Waals surface area contributed by atoms with Crippen molar-refractivity contribution in [2.24, 2.45) is 17.3 Å². The Labute approximate surface area is 248 Å². The third-order valence-electron chi connectivity index (χ3n) is 8.50. The normalized spacial score (nSPS) is 25.6. The number of fused-ring (bicyclic) bond motifs is 3. The van der Waals surface area contributed by atoms with Crippen LogP contribution in [0.3, 0.4) is 0 Å². The van der Waals surface area contributed by atoms with Crippen LogP contribution in [-0.2, 0) is 25.8 Å². The van der Waals surface area contributed by atoms with Gasteiger partial charge in [-0.15, -0.1) is 0 Å². The zero-order valence-corrected chi connectivity index (χ0v) is 25.7. The molecule has 5 rings (SSSR count). The van der Waals surface area contributed by atoms with Crippen LogP contribution in [0.15, 0.2) is 36.7 Å². The van der Waals surface area contributed by atoms with Crippen molar-refractivity contribution in [2.45, 2.75) is 104 Å². The zero-order chi connectivity index (χ0) is 30.2. The van der Waals surface area contributed by atoms with Crippen molar-refractivity contribution in [3.63, 3.8) is 0 Å². The molecule has 2 aromatic rings. The quantitative estimate of drug-likeness (QED) is 0.445. The lowest BCUT2D eigenvalue weighted by Gasteiger charge is -2.41. The van der Waals surface area contributed by atoms with Crippen LogP contribution in [0.1, 0.15) is 97.1 Å². The van der Waals surface area contributed by atoms with Gasteiger partial charge >= 0.3 is 12.1 Å². The first-order valence-corrected chi connectivity index (χ1v) is 15.2. The number of likely N-dealkylation sites (tertiary alicyclic amines) is 1. The molecule has 1 aliphatic carbocycles. The molecule has 2 N–H and O–H groups in total. The highest BCUT2D eigenvalue weighted by Gasteiger charge is 2.49. The van der Waals surface area contributed by atoms with Crippen LogP contribution >= 0.6 is 0 Å². The number of aromatic nitrogens is 2. The van der Waals surface area contributed by atoms with Gasteiger partial charge in [0.2, 0.25) is 5.91 Å². The molecule has 5 atom stereocenters. The first-order valence-electron chi connectivity index (χ1n) is 15.2. The molecule has 42 heavy (non-hydrogen) atoms. The second-order valence-electron chi connectivity index (χ2n) is 13.8. The Morgan fingerprint density at radius 1 is 1.05 bits per heavy atom. The van der Waals surface area contributed by atoms with E-state index in [1.807, 2.05) is 75.4 Å². The minimum Gasteiger partial charge on any atom is -0.444 e. The zero-order valence-electron chi connectivity index (χ0n) is 25.7. The summed E-state index contributed by atoms with van der Waals surface area (Å²) in [7, 11) is 0. The highest BCUT2D eigenvalue weighted by molar-refractivity contribution is 5.82. The topological polar surface area (TPSA) is 115 Å². The average molecular weight is 580 g/mol. The molecule has 1 aromatic carbocycles. The van der Waals surface area contributed by atoms with Crippen LogP contribution in [0.25, 0.3) is 0 Å². The fourth-order valence-corrected chi connectivity index (χ4v) is 6.55. The molecule has 3 aliphatic rings. The van der Waals surface area contributed by atoms with E-state index in [0.29, 0.717) is 6.54 Å². The Hall–Kier alpha value is -3.56. The van der Waals surface area contributed by atoms with Gasteiger partial charge in [0.25, 0.3) is 0 Å². The molecule has 1 aromatic heterocycles. The van der Waals surface area contributed by atoms with Gasteiger partial charge in [0.1, 0.15) is 11.4 Å². The van der Waals surface area contributed by atoms with Gasteiger partial charge in [-0.1, -0.05) is 31.0 Å². The van der Waals surface area contributed by atoms with Crippen molar-refractivity contribution in [3.8, 4) is 0 Å². The maximum absolute atomic E-state index is 14.3. The van der Waals surface area contributed by atoms with Crippen molar-refractivity contribution in [2.75, 3.05) is 11.9 Å². The molecule has 228 valence electrons. The molecule has 1 saturated heterocycles. The number of nitrogens with one attached hydrogen (secondary N) is 2. The fraction of sp³-hybridized carbons (Fsp3) is 0.625. The number of hydrogen-bond donors (Lipinski definition) is 2. The number of para-hydroxylation sites is 1. The number of amides is 2. The maximum atomic E-state index is 14.3.